The van der Waals surface area contributed by atoms with Crippen molar-refractivity contribution in [2.45, 2.75) is 65.8 Å². The maximum Gasteiger partial charge on any atom is 0.404 e. The van der Waals surface area contributed by atoms with Gasteiger partial charge in [0.25, 0.3) is 0 Å². The van der Waals surface area contributed by atoms with Crippen molar-refractivity contribution < 1.29 is 9.90 Å². The van der Waals surface area contributed by atoms with Crippen LogP contribution in [0.5, 0.6) is 0 Å². The number of rotatable bonds is 2. The summed E-state index contributed by atoms with van der Waals surface area (Å²) < 4.78 is 0. The molecule has 0 bridgehead atoms. The van der Waals surface area contributed by atoms with Gasteiger partial charge in [-0.05, 0) is 40.0 Å². The van der Waals surface area contributed by atoms with E-state index in [0.29, 0.717) is 6.54 Å². The predicted molar refractivity (Wildman–Crippen MR) is 83.4 cm³/mol. The van der Waals surface area contributed by atoms with E-state index in [1.165, 1.54) is 16.7 Å². The Morgan fingerprint density at radius 3 is 1.75 bits per heavy atom. The van der Waals surface area contributed by atoms with Gasteiger partial charge in [-0.2, -0.15) is 0 Å². The van der Waals surface area contributed by atoms with E-state index in [1.54, 1.807) is 0 Å². The topological polar surface area (TPSA) is 49.3 Å². The Kier molecular flexibility index (Phi) is 4.52. The van der Waals surface area contributed by atoms with Crippen LogP contribution in [0.1, 0.15) is 63.8 Å². The standard InChI is InChI=1S/C17H27NO2/c1-11-13(16(2,3)4)8-12(10-18-15(19)20)9-14(11)17(5,6)7/h8-9,18H,10H2,1-7H3,(H,19,20). The fourth-order valence-corrected chi connectivity index (χ4v) is 2.61. The molecule has 3 heteroatoms. The van der Waals surface area contributed by atoms with Crippen molar-refractivity contribution >= 4 is 6.09 Å². The van der Waals surface area contributed by atoms with Crippen molar-refractivity contribution in [3.05, 3.63) is 34.4 Å². The van der Waals surface area contributed by atoms with Crippen LogP contribution in [0, 0.1) is 6.92 Å². The quantitative estimate of drug-likeness (QED) is 0.844. The molecule has 1 aromatic rings. The second kappa shape index (κ2) is 5.47. The van der Waals surface area contributed by atoms with Crippen LogP contribution in [-0.2, 0) is 17.4 Å². The van der Waals surface area contributed by atoms with E-state index in [4.69, 9.17) is 5.11 Å². The summed E-state index contributed by atoms with van der Waals surface area (Å²) in [4.78, 5) is 10.7. The molecule has 0 heterocycles. The van der Waals surface area contributed by atoms with E-state index in [0.717, 1.165) is 5.56 Å². The summed E-state index contributed by atoms with van der Waals surface area (Å²) in [5, 5.41) is 11.2. The first-order chi connectivity index (χ1) is 8.93. The van der Waals surface area contributed by atoms with Gasteiger partial charge in [-0.25, -0.2) is 4.79 Å². The Morgan fingerprint density at radius 2 is 1.45 bits per heavy atom. The minimum Gasteiger partial charge on any atom is -0.465 e. The van der Waals surface area contributed by atoms with E-state index < -0.39 is 6.09 Å². The number of amides is 1. The van der Waals surface area contributed by atoms with Gasteiger partial charge in [0.05, 0.1) is 0 Å². The zero-order chi connectivity index (χ0) is 15.7. The first-order valence-electron chi connectivity index (χ1n) is 7.04. The van der Waals surface area contributed by atoms with Crippen molar-refractivity contribution in [2.24, 2.45) is 0 Å². The monoisotopic (exact) mass is 277 g/mol. The second-order valence-electron chi connectivity index (χ2n) is 7.47. The molecule has 112 valence electrons. The number of hydrogen-bond acceptors (Lipinski definition) is 1. The van der Waals surface area contributed by atoms with Gasteiger partial charge < -0.3 is 10.4 Å². The zero-order valence-corrected chi connectivity index (χ0v) is 13.7. The number of nitrogens with one attached hydrogen (secondary N) is 1. The Balaban J connectivity index is 3.38. The maximum absolute atomic E-state index is 10.7. The second-order valence-corrected chi connectivity index (χ2v) is 7.47. The normalized spacial score (nSPS) is 12.3. The van der Waals surface area contributed by atoms with Crippen molar-refractivity contribution in [1.29, 1.82) is 0 Å². The molecule has 0 aliphatic heterocycles. The maximum atomic E-state index is 10.7. The van der Waals surface area contributed by atoms with Crippen molar-refractivity contribution in [2.75, 3.05) is 0 Å². The molecule has 1 rings (SSSR count). The fourth-order valence-electron chi connectivity index (χ4n) is 2.61. The zero-order valence-electron chi connectivity index (χ0n) is 13.7. The van der Waals surface area contributed by atoms with Crippen LogP contribution in [-0.4, -0.2) is 11.2 Å². The lowest BCUT2D eigenvalue weighted by molar-refractivity contribution is 0.194. The van der Waals surface area contributed by atoms with Crippen LogP contribution < -0.4 is 5.32 Å². The third-order valence-corrected chi connectivity index (χ3v) is 3.53. The van der Waals surface area contributed by atoms with Gasteiger partial charge in [0.1, 0.15) is 0 Å². The van der Waals surface area contributed by atoms with E-state index in [1.807, 2.05) is 0 Å². The number of hydrogen-bond donors (Lipinski definition) is 2. The van der Waals surface area contributed by atoms with Gasteiger partial charge in [-0.3, -0.25) is 0 Å². The molecule has 0 saturated carbocycles. The first-order valence-corrected chi connectivity index (χ1v) is 7.04. The average molecular weight is 277 g/mol. The summed E-state index contributed by atoms with van der Waals surface area (Å²) in [6.07, 6.45) is -0.986. The summed E-state index contributed by atoms with van der Waals surface area (Å²) in [5.74, 6) is 0. The number of carboxylic acid groups (broad SMARTS) is 1. The summed E-state index contributed by atoms with van der Waals surface area (Å²) in [7, 11) is 0. The van der Waals surface area contributed by atoms with Crippen LogP contribution in [0.3, 0.4) is 0 Å². The van der Waals surface area contributed by atoms with Gasteiger partial charge in [-0.15, -0.1) is 0 Å². The highest BCUT2D eigenvalue weighted by Gasteiger charge is 2.24. The predicted octanol–water partition coefficient (Wildman–Crippen LogP) is 4.36. The minimum absolute atomic E-state index is 0.0450. The molecule has 0 radical (unpaired) electrons. The molecule has 0 fully saturated rings. The van der Waals surface area contributed by atoms with Crippen LogP contribution in [0.2, 0.25) is 0 Å². The molecular weight excluding hydrogens is 250 g/mol. The van der Waals surface area contributed by atoms with E-state index >= 15 is 0 Å². The molecule has 1 aromatic carbocycles. The molecule has 20 heavy (non-hydrogen) atoms. The lowest BCUT2D eigenvalue weighted by Gasteiger charge is -2.29. The van der Waals surface area contributed by atoms with Gasteiger partial charge >= 0.3 is 6.09 Å². The van der Waals surface area contributed by atoms with E-state index in [-0.39, 0.29) is 10.8 Å². The third kappa shape index (κ3) is 3.99. The molecule has 2 N–H and O–H groups in total. The van der Waals surface area contributed by atoms with Crippen LogP contribution in [0.15, 0.2) is 12.1 Å². The summed E-state index contributed by atoms with van der Waals surface area (Å²) in [6.45, 7) is 15.7. The Hall–Kier alpha value is -1.51. The largest absolute Gasteiger partial charge is 0.465 e. The highest BCUT2D eigenvalue weighted by atomic mass is 16.4. The van der Waals surface area contributed by atoms with Crippen molar-refractivity contribution in [3.8, 4) is 0 Å². The van der Waals surface area contributed by atoms with Crippen molar-refractivity contribution in [1.82, 2.24) is 5.32 Å². The van der Waals surface area contributed by atoms with Gasteiger partial charge in [0.15, 0.2) is 0 Å². The number of benzene rings is 1. The molecule has 0 unspecified atom stereocenters. The van der Waals surface area contributed by atoms with E-state index in [9.17, 15) is 4.79 Å². The molecule has 0 aromatic heterocycles. The summed E-state index contributed by atoms with van der Waals surface area (Å²) in [5.41, 5.74) is 4.99. The molecule has 0 aliphatic rings. The lowest BCUT2D eigenvalue weighted by atomic mass is 9.76. The Bertz CT molecular complexity index is 470. The summed E-state index contributed by atoms with van der Waals surface area (Å²) >= 11 is 0. The van der Waals surface area contributed by atoms with Crippen molar-refractivity contribution in [3.63, 3.8) is 0 Å². The first kappa shape index (κ1) is 16.5. The molecule has 0 atom stereocenters. The average Bonchev–Trinajstić information content (AvgIpc) is 2.24. The van der Waals surface area contributed by atoms with Gasteiger partial charge in [0.2, 0.25) is 0 Å². The Morgan fingerprint density at radius 1 is 1.05 bits per heavy atom. The van der Waals surface area contributed by atoms with Crippen LogP contribution >= 0.6 is 0 Å². The fraction of sp³-hybridized carbons (Fsp3) is 0.588. The van der Waals surface area contributed by atoms with E-state index in [2.05, 4.69) is 65.9 Å². The molecule has 0 aliphatic carbocycles. The third-order valence-electron chi connectivity index (χ3n) is 3.53. The van der Waals surface area contributed by atoms with Gasteiger partial charge in [-0.1, -0.05) is 53.7 Å². The van der Waals surface area contributed by atoms with Gasteiger partial charge in [0, 0.05) is 6.54 Å². The molecule has 0 saturated heterocycles. The molecule has 0 spiro atoms. The lowest BCUT2D eigenvalue weighted by Crippen LogP contribution is -2.23. The van der Waals surface area contributed by atoms with Crippen LogP contribution in [0.25, 0.3) is 0 Å². The number of carbonyl (C=O) groups is 1. The highest BCUT2D eigenvalue weighted by molar-refractivity contribution is 5.64. The molecule has 1 amide bonds. The SMILES string of the molecule is Cc1c(C(C)(C)C)cc(CNC(=O)O)cc1C(C)(C)C. The Labute approximate surface area is 122 Å². The minimum atomic E-state index is -0.986. The smallest absolute Gasteiger partial charge is 0.404 e. The highest BCUT2D eigenvalue weighted by Crippen LogP contribution is 2.34. The molecular formula is C17H27NO2. The molecule has 3 nitrogen and oxygen atoms in total. The summed E-state index contributed by atoms with van der Waals surface area (Å²) in [6, 6.07) is 4.25. The van der Waals surface area contributed by atoms with Crippen LogP contribution in [0.4, 0.5) is 4.79 Å².